The maximum absolute atomic E-state index is 13.7. The molecule has 0 atom stereocenters. The highest BCUT2D eigenvalue weighted by Gasteiger charge is 2.16. The van der Waals surface area contributed by atoms with E-state index in [0.717, 1.165) is 12.1 Å². The number of Topliss-reactive ketones (excluding diaryl/α,β-unsaturated/α-hetero) is 2. The molecule has 0 unspecified atom stereocenters. The van der Waals surface area contributed by atoms with Crippen LogP contribution in [-0.2, 0) is 11.4 Å². The van der Waals surface area contributed by atoms with Crippen molar-refractivity contribution in [1.82, 2.24) is 0 Å². The van der Waals surface area contributed by atoms with Gasteiger partial charge in [0.1, 0.15) is 29.8 Å². The zero-order valence-electron chi connectivity index (χ0n) is 12.9. The Labute approximate surface area is 143 Å². The minimum atomic E-state index is -0.735. The van der Waals surface area contributed by atoms with Crippen LogP contribution in [0.25, 0.3) is 0 Å². The Kier molecular flexibility index (Phi) is 6.04. The van der Waals surface area contributed by atoms with Crippen LogP contribution < -0.4 is 4.74 Å². The van der Waals surface area contributed by atoms with Crippen molar-refractivity contribution in [3.05, 3.63) is 64.2 Å². The van der Waals surface area contributed by atoms with Gasteiger partial charge in [0.15, 0.2) is 5.78 Å². The van der Waals surface area contributed by atoms with Crippen LogP contribution in [0.5, 0.6) is 5.75 Å². The third-order valence-corrected chi connectivity index (χ3v) is 3.62. The number of benzene rings is 2. The molecule has 0 fully saturated rings. The summed E-state index contributed by atoms with van der Waals surface area (Å²) in [6, 6.07) is 7.89. The summed E-state index contributed by atoms with van der Waals surface area (Å²) in [4.78, 5) is 23.2. The van der Waals surface area contributed by atoms with Gasteiger partial charge in [-0.1, -0.05) is 17.7 Å². The number of hydrogen-bond acceptors (Lipinski definition) is 3. The maximum Gasteiger partial charge on any atom is 0.167 e. The number of hydrogen-bond donors (Lipinski definition) is 0. The lowest BCUT2D eigenvalue weighted by Crippen LogP contribution is -2.07. The average Bonchev–Trinajstić information content (AvgIpc) is 2.52. The van der Waals surface area contributed by atoms with E-state index in [1.54, 1.807) is 0 Å². The van der Waals surface area contributed by atoms with Crippen molar-refractivity contribution in [1.29, 1.82) is 0 Å². The Morgan fingerprint density at radius 1 is 1.08 bits per heavy atom. The summed E-state index contributed by atoms with van der Waals surface area (Å²) in [6.07, 6.45) is 0.143. The van der Waals surface area contributed by atoms with Crippen LogP contribution in [0.2, 0.25) is 5.02 Å². The normalized spacial score (nSPS) is 10.5. The van der Waals surface area contributed by atoms with Gasteiger partial charge in [0, 0.05) is 17.9 Å². The molecule has 0 aliphatic rings. The van der Waals surface area contributed by atoms with Crippen molar-refractivity contribution in [2.45, 2.75) is 26.4 Å². The highest BCUT2D eigenvalue weighted by molar-refractivity contribution is 6.30. The summed E-state index contributed by atoms with van der Waals surface area (Å²) in [5.41, 5.74) is -0.0167. The van der Waals surface area contributed by atoms with E-state index >= 15 is 0 Å². The molecule has 0 bridgehead atoms. The van der Waals surface area contributed by atoms with E-state index in [4.69, 9.17) is 16.3 Å². The largest absolute Gasteiger partial charge is 0.488 e. The van der Waals surface area contributed by atoms with Gasteiger partial charge in [-0.05, 0) is 37.3 Å². The van der Waals surface area contributed by atoms with Crippen LogP contribution in [0.3, 0.4) is 0 Å². The molecule has 2 aromatic carbocycles. The first kappa shape index (κ1) is 18.1. The molecule has 0 N–H and O–H groups in total. The lowest BCUT2D eigenvalue weighted by atomic mass is 10.0. The molecule has 6 heteroatoms. The zero-order chi connectivity index (χ0) is 17.7. The molecule has 0 aliphatic carbocycles. The Balaban J connectivity index is 2.21. The summed E-state index contributed by atoms with van der Waals surface area (Å²) in [5, 5.41) is 0.321. The van der Waals surface area contributed by atoms with Gasteiger partial charge in [0.05, 0.1) is 11.1 Å². The van der Waals surface area contributed by atoms with Crippen molar-refractivity contribution in [3.63, 3.8) is 0 Å². The second-order valence-electron chi connectivity index (χ2n) is 5.25. The Hall–Kier alpha value is -2.27. The molecule has 2 aromatic rings. The first-order chi connectivity index (χ1) is 11.4. The van der Waals surface area contributed by atoms with Crippen molar-refractivity contribution in [3.8, 4) is 5.75 Å². The second-order valence-corrected chi connectivity index (χ2v) is 5.69. The fourth-order valence-electron chi connectivity index (χ4n) is 2.09. The molecular weight excluding hydrogens is 338 g/mol. The minimum Gasteiger partial charge on any atom is -0.488 e. The summed E-state index contributed by atoms with van der Waals surface area (Å²) >= 11 is 5.90. The molecule has 126 valence electrons. The van der Waals surface area contributed by atoms with Gasteiger partial charge < -0.3 is 9.53 Å². The highest BCUT2D eigenvalue weighted by Crippen LogP contribution is 2.26. The predicted octanol–water partition coefficient (Wildman–Crippen LogP) is 4.75. The van der Waals surface area contributed by atoms with E-state index in [1.165, 1.54) is 31.2 Å². The minimum absolute atomic E-state index is 0.0292. The summed E-state index contributed by atoms with van der Waals surface area (Å²) < 4.78 is 32.7. The monoisotopic (exact) mass is 352 g/mol. The number of ketones is 2. The molecule has 2 rings (SSSR count). The number of carbonyl (C=O) groups is 2. The van der Waals surface area contributed by atoms with Crippen LogP contribution in [0.15, 0.2) is 36.4 Å². The van der Waals surface area contributed by atoms with Gasteiger partial charge in [-0.25, -0.2) is 8.78 Å². The second kappa shape index (κ2) is 8.02. The van der Waals surface area contributed by atoms with Crippen molar-refractivity contribution < 1.29 is 23.1 Å². The molecule has 0 spiro atoms. The van der Waals surface area contributed by atoms with Crippen LogP contribution in [0.1, 0.15) is 35.7 Å². The Morgan fingerprint density at radius 3 is 2.38 bits per heavy atom. The molecule has 0 aliphatic heterocycles. The number of rotatable bonds is 7. The maximum atomic E-state index is 13.7. The quantitative estimate of drug-likeness (QED) is 0.675. The molecule has 0 amide bonds. The molecule has 24 heavy (non-hydrogen) atoms. The van der Waals surface area contributed by atoms with E-state index < -0.39 is 11.6 Å². The molecule has 0 radical (unpaired) electrons. The zero-order valence-corrected chi connectivity index (χ0v) is 13.7. The van der Waals surface area contributed by atoms with E-state index in [1.807, 2.05) is 0 Å². The van der Waals surface area contributed by atoms with E-state index in [2.05, 4.69) is 0 Å². The van der Waals surface area contributed by atoms with Crippen LogP contribution in [0, 0.1) is 11.6 Å². The van der Waals surface area contributed by atoms with Gasteiger partial charge in [-0.15, -0.1) is 0 Å². The SMILES string of the molecule is CC(=O)CCC(=O)c1ccc(Cl)cc1OCc1c(F)cccc1F. The average molecular weight is 353 g/mol. The van der Waals surface area contributed by atoms with Gasteiger partial charge in [0.2, 0.25) is 0 Å². The van der Waals surface area contributed by atoms with Crippen molar-refractivity contribution >= 4 is 23.2 Å². The highest BCUT2D eigenvalue weighted by atomic mass is 35.5. The fourth-order valence-corrected chi connectivity index (χ4v) is 2.25. The predicted molar refractivity (Wildman–Crippen MR) is 86.4 cm³/mol. The van der Waals surface area contributed by atoms with Crippen molar-refractivity contribution in [2.24, 2.45) is 0 Å². The van der Waals surface area contributed by atoms with Gasteiger partial charge in [-0.3, -0.25) is 4.79 Å². The summed E-state index contributed by atoms with van der Waals surface area (Å²) in [6.45, 7) is 1.01. The lowest BCUT2D eigenvalue weighted by Gasteiger charge is -2.12. The van der Waals surface area contributed by atoms with Crippen LogP contribution in [0.4, 0.5) is 8.78 Å². The molecule has 0 saturated carbocycles. The van der Waals surface area contributed by atoms with Gasteiger partial charge in [-0.2, -0.15) is 0 Å². The Bertz CT molecular complexity index is 755. The Morgan fingerprint density at radius 2 is 1.75 bits per heavy atom. The topological polar surface area (TPSA) is 43.4 Å². The molecule has 0 heterocycles. The standard InChI is InChI=1S/C18H15ClF2O3/c1-11(22)5-8-17(23)13-7-6-12(19)9-18(13)24-10-14-15(20)3-2-4-16(14)21/h2-4,6-7,9H,5,8,10H2,1H3. The summed E-state index contributed by atoms with van der Waals surface area (Å²) in [5.74, 6) is -1.75. The smallest absolute Gasteiger partial charge is 0.167 e. The first-order valence-corrected chi connectivity index (χ1v) is 7.64. The summed E-state index contributed by atoms with van der Waals surface area (Å²) in [7, 11) is 0. The first-order valence-electron chi connectivity index (χ1n) is 7.26. The third kappa shape index (κ3) is 4.61. The van der Waals surface area contributed by atoms with E-state index in [-0.39, 0.29) is 47.9 Å². The van der Waals surface area contributed by atoms with Crippen molar-refractivity contribution in [2.75, 3.05) is 0 Å². The number of ether oxygens (including phenoxy) is 1. The van der Waals surface area contributed by atoms with Crippen LogP contribution in [-0.4, -0.2) is 11.6 Å². The van der Waals surface area contributed by atoms with E-state index in [9.17, 15) is 18.4 Å². The van der Waals surface area contributed by atoms with Crippen LogP contribution >= 0.6 is 11.6 Å². The molecule has 0 saturated heterocycles. The van der Waals surface area contributed by atoms with Gasteiger partial charge >= 0.3 is 0 Å². The van der Waals surface area contributed by atoms with Gasteiger partial charge in [0.25, 0.3) is 0 Å². The number of carbonyl (C=O) groups excluding carboxylic acids is 2. The molecule has 0 aromatic heterocycles. The fraction of sp³-hybridized carbons (Fsp3) is 0.222. The third-order valence-electron chi connectivity index (χ3n) is 3.38. The lowest BCUT2D eigenvalue weighted by molar-refractivity contribution is -0.116. The van der Waals surface area contributed by atoms with E-state index in [0.29, 0.717) is 5.02 Å². The molecule has 3 nitrogen and oxygen atoms in total. The molecular formula is C18H15ClF2O3. The number of halogens is 3.